The van der Waals surface area contributed by atoms with Gasteiger partial charge in [0.2, 0.25) is 11.7 Å². The Kier molecular flexibility index (Phi) is 7.25. The van der Waals surface area contributed by atoms with Gasteiger partial charge in [-0.15, -0.1) is 0 Å². The maximum Gasteiger partial charge on any atom is 0.292 e. The van der Waals surface area contributed by atoms with Gasteiger partial charge < -0.3 is 24.4 Å². The minimum absolute atomic E-state index is 0.0720. The average Bonchev–Trinajstić information content (AvgIpc) is 2.72. The van der Waals surface area contributed by atoms with Crippen LogP contribution < -0.4 is 10.1 Å². The molecule has 1 fully saturated rings. The van der Waals surface area contributed by atoms with Crippen LogP contribution in [0.25, 0.3) is 0 Å². The Bertz CT molecular complexity index is 795. The number of anilines is 1. The molecular weight excluding hydrogens is 396 g/mol. The second-order valence-corrected chi connectivity index (χ2v) is 7.69. The summed E-state index contributed by atoms with van der Waals surface area (Å²) in [5.74, 6) is 1.51. The number of likely N-dealkylation sites (tertiary alicyclic amines) is 1. The Balaban J connectivity index is 1.49. The Morgan fingerprint density at radius 2 is 2.10 bits per heavy atom. The SMILES string of the molecule is COc1ccc(NC(=O)CC[C@H]2CCCN(C(=O)C3=C(C)OCCO3)C2)cc1Cl. The van der Waals surface area contributed by atoms with Crippen molar-refractivity contribution in [1.82, 2.24) is 4.90 Å². The van der Waals surface area contributed by atoms with E-state index in [1.165, 1.54) is 0 Å². The van der Waals surface area contributed by atoms with Gasteiger partial charge in [-0.2, -0.15) is 0 Å². The number of hydrogen-bond donors (Lipinski definition) is 1. The molecule has 0 radical (unpaired) electrons. The number of methoxy groups -OCH3 is 1. The Hall–Kier alpha value is -2.41. The number of ether oxygens (including phenoxy) is 3. The molecule has 2 amide bonds. The fourth-order valence-electron chi connectivity index (χ4n) is 3.65. The summed E-state index contributed by atoms with van der Waals surface area (Å²) < 4.78 is 16.1. The molecular formula is C21H27ClN2O5. The van der Waals surface area contributed by atoms with Crippen LogP contribution in [-0.2, 0) is 19.1 Å². The van der Waals surface area contributed by atoms with Gasteiger partial charge in [0.1, 0.15) is 24.7 Å². The van der Waals surface area contributed by atoms with Crippen molar-refractivity contribution in [3.63, 3.8) is 0 Å². The highest BCUT2D eigenvalue weighted by atomic mass is 35.5. The zero-order valence-corrected chi connectivity index (χ0v) is 17.6. The maximum atomic E-state index is 12.7. The predicted molar refractivity (Wildman–Crippen MR) is 110 cm³/mol. The highest BCUT2D eigenvalue weighted by Gasteiger charge is 2.29. The van der Waals surface area contributed by atoms with Gasteiger partial charge in [0.05, 0.1) is 12.1 Å². The van der Waals surface area contributed by atoms with Crippen LogP contribution in [0, 0.1) is 5.92 Å². The molecule has 1 aromatic rings. The molecule has 1 atom stereocenters. The van der Waals surface area contributed by atoms with E-state index < -0.39 is 0 Å². The topological polar surface area (TPSA) is 77.1 Å². The van der Waals surface area contributed by atoms with Crippen LogP contribution in [0.5, 0.6) is 5.75 Å². The van der Waals surface area contributed by atoms with Crippen molar-refractivity contribution in [2.24, 2.45) is 5.92 Å². The van der Waals surface area contributed by atoms with Crippen molar-refractivity contribution in [3.05, 3.63) is 34.7 Å². The Morgan fingerprint density at radius 3 is 2.83 bits per heavy atom. The summed E-state index contributed by atoms with van der Waals surface area (Å²) in [6.07, 6.45) is 3.02. The van der Waals surface area contributed by atoms with E-state index in [0.717, 1.165) is 19.3 Å². The number of carbonyl (C=O) groups is 2. The Labute approximate surface area is 175 Å². The molecule has 0 aromatic heterocycles. The van der Waals surface area contributed by atoms with E-state index in [9.17, 15) is 9.59 Å². The second-order valence-electron chi connectivity index (χ2n) is 7.28. The van der Waals surface area contributed by atoms with E-state index in [1.807, 2.05) is 4.90 Å². The minimum atomic E-state index is -0.121. The van der Waals surface area contributed by atoms with Gasteiger partial charge in [-0.05, 0) is 50.3 Å². The van der Waals surface area contributed by atoms with Gasteiger partial charge in [-0.3, -0.25) is 9.59 Å². The van der Waals surface area contributed by atoms with Crippen molar-refractivity contribution < 1.29 is 23.8 Å². The first kappa shape index (κ1) is 21.3. The van der Waals surface area contributed by atoms with E-state index in [-0.39, 0.29) is 17.7 Å². The number of hydrogen-bond acceptors (Lipinski definition) is 5. The number of piperidine rings is 1. The molecule has 0 unspecified atom stereocenters. The van der Waals surface area contributed by atoms with Crippen molar-refractivity contribution in [2.75, 3.05) is 38.7 Å². The smallest absolute Gasteiger partial charge is 0.292 e. The third-order valence-electron chi connectivity index (χ3n) is 5.18. The van der Waals surface area contributed by atoms with Gasteiger partial charge in [0.25, 0.3) is 5.91 Å². The predicted octanol–water partition coefficient (Wildman–Crippen LogP) is 3.58. The molecule has 1 N–H and O–H groups in total. The van der Waals surface area contributed by atoms with Crippen LogP contribution >= 0.6 is 11.6 Å². The van der Waals surface area contributed by atoms with E-state index in [0.29, 0.717) is 60.7 Å². The minimum Gasteiger partial charge on any atom is -0.495 e. The maximum absolute atomic E-state index is 12.7. The lowest BCUT2D eigenvalue weighted by Crippen LogP contribution is -2.42. The van der Waals surface area contributed by atoms with Gasteiger partial charge in [-0.1, -0.05) is 11.6 Å². The zero-order chi connectivity index (χ0) is 20.8. The van der Waals surface area contributed by atoms with Gasteiger partial charge in [0, 0.05) is 25.2 Å². The first-order valence-electron chi connectivity index (χ1n) is 9.87. The molecule has 158 valence electrons. The number of amides is 2. The summed E-state index contributed by atoms with van der Waals surface area (Å²) in [5.41, 5.74) is 0.637. The summed E-state index contributed by atoms with van der Waals surface area (Å²) >= 11 is 6.10. The number of carbonyl (C=O) groups excluding carboxylic acids is 2. The highest BCUT2D eigenvalue weighted by Crippen LogP contribution is 2.28. The molecule has 1 saturated heterocycles. The molecule has 1 aromatic carbocycles. The summed E-state index contributed by atoms with van der Waals surface area (Å²) in [7, 11) is 1.54. The number of rotatable bonds is 6. The molecule has 3 rings (SSSR count). The van der Waals surface area contributed by atoms with Crippen molar-refractivity contribution in [2.45, 2.75) is 32.6 Å². The molecule has 0 bridgehead atoms. The highest BCUT2D eigenvalue weighted by molar-refractivity contribution is 6.32. The molecule has 2 heterocycles. The largest absolute Gasteiger partial charge is 0.495 e. The summed E-state index contributed by atoms with van der Waals surface area (Å²) in [5, 5.41) is 3.31. The van der Waals surface area contributed by atoms with Crippen LogP contribution in [0.15, 0.2) is 29.7 Å². The molecule has 2 aliphatic rings. The van der Waals surface area contributed by atoms with E-state index in [2.05, 4.69) is 5.32 Å². The average molecular weight is 423 g/mol. The quantitative estimate of drug-likeness (QED) is 0.758. The number of halogens is 1. The van der Waals surface area contributed by atoms with Crippen LogP contribution in [0.3, 0.4) is 0 Å². The van der Waals surface area contributed by atoms with E-state index in [1.54, 1.807) is 32.2 Å². The zero-order valence-electron chi connectivity index (χ0n) is 16.8. The summed E-state index contributed by atoms with van der Waals surface area (Å²) in [6.45, 7) is 3.95. The molecule has 29 heavy (non-hydrogen) atoms. The monoisotopic (exact) mass is 422 g/mol. The lowest BCUT2D eigenvalue weighted by Gasteiger charge is -2.34. The third-order valence-corrected chi connectivity index (χ3v) is 5.48. The summed E-state index contributed by atoms with van der Waals surface area (Å²) in [4.78, 5) is 26.9. The second kappa shape index (κ2) is 9.87. The molecule has 8 heteroatoms. The van der Waals surface area contributed by atoms with E-state index in [4.69, 9.17) is 25.8 Å². The number of allylic oxidation sites excluding steroid dienone is 1. The van der Waals surface area contributed by atoms with E-state index >= 15 is 0 Å². The normalized spacial score (nSPS) is 19.3. The summed E-state index contributed by atoms with van der Waals surface area (Å²) in [6, 6.07) is 5.14. The van der Waals surface area contributed by atoms with Crippen molar-refractivity contribution in [1.29, 1.82) is 0 Å². The molecule has 7 nitrogen and oxygen atoms in total. The Morgan fingerprint density at radius 1 is 1.31 bits per heavy atom. The molecule has 0 saturated carbocycles. The fourth-order valence-corrected chi connectivity index (χ4v) is 3.91. The van der Waals surface area contributed by atoms with Gasteiger partial charge in [0.15, 0.2) is 0 Å². The molecule has 0 aliphatic carbocycles. The molecule has 2 aliphatic heterocycles. The fraction of sp³-hybridized carbons (Fsp3) is 0.524. The first-order chi connectivity index (χ1) is 14.0. The van der Waals surface area contributed by atoms with Gasteiger partial charge in [-0.25, -0.2) is 0 Å². The van der Waals surface area contributed by atoms with Crippen LogP contribution in [0.2, 0.25) is 5.02 Å². The lowest BCUT2D eigenvalue weighted by molar-refractivity contribution is -0.134. The van der Waals surface area contributed by atoms with Crippen molar-refractivity contribution in [3.8, 4) is 5.75 Å². The first-order valence-corrected chi connectivity index (χ1v) is 10.2. The third kappa shape index (κ3) is 5.56. The van der Waals surface area contributed by atoms with Gasteiger partial charge >= 0.3 is 0 Å². The standard InChI is InChI=1S/C21H27ClN2O5/c1-14-20(29-11-10-28-14)21(26)24-9-3-4-15(13-24)5-8-19(25)23-16-6-7-18(27-2)17(22)12-16/h6-7,12,15H,3-5,8-11,13H2,1-2H3,(H,23,25)/t15-/m1/s1. The van der Waals surface area contributed by atoms with Crippen LogP contribution in [-0.4, -0.2) is 50.1 Å². The number of nitrogens with one attached hydrogen (secondary N) is 1. The number of nitrogens with zero attached hydrogens (tertiary/aromatic N) is 1. The lowest BCUT2D eigenvalue weighted by atomic mass is 9.93. The number of benzene rings is 1. The molecule has 0 spiro atoms. The van der Waals surface area contributed by atoms with Crippen LogP contribution in [0.1, 0.15) is 32.6 Å². The van der Waals surface area contributed by atoms with Crippen LogP contribution in [0.4, 0.5) is 5.69 Å². The van der Waals surface area contributed by atoms with Crippen molar-refractivity contribution >= 4 is 29.1 Å².